The number of Topliss-reactive ketones (excluding diaryl/α,β-unsaturated/α-hetero) is 2. The number of hydrogen-bond donors (Lipinski definition) is 0. The number of carbonyl (C=O) groups is 3. The summed E-state index contributed by atoms with van der Waals surface area (Å²) in [5.74, 6) is -2.85. The maximum absolute atomic E-state index is 13.8. The smallest absolute Gasteiger partial charge is 0.454 e. The standard InChI is InChI=1S/C22H21ClF3O9P/c1-3-31-36(30,32-4-2)35-12-6-5-10(23)15-17(12)20(29)16-11(7-8-22(24,25)26)33-13-9-14(27)34-21(13)18(16)19(15)28/h5-6,11,13,21H,3-4,7-9H2,1-2H3/t11-,13+,21-/m0/s1. The van der Waals surface area contributed by atoms with Crippen molar-refractivity contribution in [2.75, 3.05) is 13.2 Å². The Morgan fingerprint density at radius 2 is 1.69 bits per heavy atom. The van der Waals surface area contributed by atoms with Gasteiger partial charge < -0.3 is 14.0 Å². The topological polar surface area (TPSA) is 114 Å². The van der Waals surface area contributed by atoms with Crippen molar-refractivity contribution in [3.8, 4) is 5.75 Å². The first-order valence-corrected chi connectivity index (χ1v) is 12.9. The molecular formula is C22H21ClF3O9P. The Kier molecular flexibility index (Phi) is 7.38. The lowest BCUT2D eigenvalue weighted by Crippen LogP contribution is -2.45. The van der Waals surface area contributed by atoms with E-state index in [9.17, 15) is 32.1 Å². The maximum Gasteiger partial charge on any atom is 0.530 e. The number of ether oxygens (including phenoxy) is 2. The molecule has 2 aliphatic heterocycles. The van der Waals surface area contributed by atoms with Gasteiger partial charge >= 0.3 is 20.0 Å². The van der Waals surface area contributed by atoms with Gasteiger partial charge in [0.15, 0.2) is 17.7 Å². The summed E-state index contributed by atoms with van der Waals surface area (Å²) < 4.78 is 78.5. The Balaban J connectivity index is 1.84. The van der Waals surface area contributed by atoms with Crippen LogP contribution in [0.2, 0.25) is 5.02 Å². The van der Waals surface area contributed by atoms with Crippen molar-refractivity contribution >= 4 is 37.0 Å². The predicted molar refractivity (Wildman–Crippen MR) is 117 cm³/mol. The second-order valence-corrected chi connectivity index (χ2v) is 10.1. The molecule has 1 aliphatic carbocycles. The van der Waals surface area contributed by atoms with E-state index in [-0.39, 0.29) is 47.1 Å². The second-order valence-electron chi connectivity index (χ2n) is 8.09. The van der Waals surface area contributed by atoms with Gasteiger partial charge in [-0.05, 0) is 32.4 Å². The molecule has 0 amide bonds. The zero-order valence-corrected chi connectivity index (χ0v) is 20.7. The van der Waals surface area contributed by atoms with Crippen LogP contribution in [0.3, 0.4) is 0 Å². The highest BCUT2D eigenvalue weighted by Crippen LogP contribution is 2.53. The fourth-order valence-corrected chi connectivity index (χ4v) is 5.86. The Bertz CT molecular complexity index is 1190. The Morgan fingerprint density at radius 3 is 2.31 bits per heavy atom. The molecule has 0 aromatic heterocycles. The second kappa shape index (κ2) is 9.90. The number of hydrogen-bond acceptors (Lipinski definition) is 9. The van der Waals surface area contributed by atoms with Gasteiger partial charge in [0.05, 0.1) is 47.5 Å². The van der Waals surface area contributed by atoms with Crippen molar-refractivity contribution in [3.05, 3.63) is 39.4 Å². The third kappa shape index (κ3) is 4.97. The Labute approximate surface area is 208 Å². The number of esters is 1. The first-order chi connectivity index (χ1) is 16.9. The molecule has 1 aromatic rings. The van der Waals surface area contributed by atoms with Crippen LogP contribution in [0.5, 0.6) is 5.75 Å². The highest BCUT2D eigenvalue weighted by molar-refractivity contribution is 7.48. The van der Waals surface area contributed by atoms with Gasteiger partial charge in [-0.1, -0.05) is 11.6 Å². The summed E-state index contributed by atoms with van der Waals surface area (Å²) in [6, 6.07) is 2.41. The van der Waals surface area contributed by atoms with Crippen LogP contribution in [0.15, 0.2) is 23.3 Å². The van der Waals surface area contributed by atoms with Crippen LogP contribution < -0.4 is 4.52 Å². The SMILES string of the molecule is CCOP(=O)(OCC)Oc1ccc(Cl)c2c1C(=O)C1=C(C2=O)[C@H]2OC(=O)C[C@H]2O[C@H]1CCC(F)(F)F. The molecule has 14 heteroatoms. The molecule has 2 heterocycles. The number of ketones is 2. The molecule has 1 saturated heterocycles. The monoisotopic (exact) mass is 552 g/mol. The van der Waals surface area contributed by atoms with Gasteiger partial charge in [0.25, 0.3) is 0 Å². The molecule has 0 unspecified atom stereocenters. The van der Waals surface area contributed by atoms with Gasteiger partial charge in [-0.25, -0.2) is 4.57 Å². The first kappa shape index (κ1) is 26.8. The lowest BCUT2D eigenvalue weighted by atomic mass is 9.76. The van der Waals surface area contributed by atoms with Crippen molar-refractivity contribution in [1.29, 1.82) is 0 Å². The van der Waals surface area contributed by atoms with Crippen molar-refractivity contribution in [2.45, 2.75) is 57.6 Å². The summed E-state index contributed by atoms with van der Waals surface area (Å²) in [5.41, 5.74) is -1.41. The number of phosphoric acid groups is 1. The molecule has 1 aromatic carbocycles. The molecule has 0 saturated carbocycles. The largest absolute Gasteiger partial charge is 0.530 e. The molecule has 9 nitrogen and oxygen atoms in total. The molecule has 3 aliphatic rings. The van der Waals surface area contributed by atoms with Crippen LogP contribution in [0, 0.1) is 0 Å². The fraction of sp³-hybridized carbons (Fsp3) is 0.500. The highest BCUT2D eigenvalue weighted by atomic mass is 35.5. The van der Waals surface area contributed by atoms with E-state index in [0.29, 0.717) is 0 Å². The molecule has 0 bridgehead atoms. The van der Waals surface area contributed by atoms with Crippen molar-refractivity contribution in [1.82, 2.24) is 0 Å². The van der Waals surface area contributed by atoms with E-state index < -0.39 is 68.3 Å². The lowest BCUT2D eigenvalue weighted by molar-refractivity contribution is -0.144. The molecule has 4 rings (SSSR count). The number of benzene rings is 1. The van der Waals surface area contributed by atoms with Crippen molar-refractivity contribution in [3.63, 3.8) is 0 Å². The average molecular weight is 553 g/mol. The van der Waals surface area contributed by atoms with E-state index in [4.69, 9.17) is 34.6 Å². The van der Waals surface area contributed by atoms with E-state index in [0.717, 1.165) is 0 Å². The maximum atomic E-state index is 13.8. The Hall–Kier alpha value is -2.24. The van der Waals surface area contributed by atoms with Gasteiger partial charge in [0, 0.05) is 12.0 Å². The Morgan fingerprint density at radius 1 is 1.06 bits per heavy atom. The van der Waals surface area contributed by atoms with E-state index >= 15 is 0 Å². The number of alkyl halides is 3. The molecule has 196 valence electrons. The summed E-state index contributed by atoms with van der Waals surface area (Å²) in [5, 5.41) is -0.163. The molecule has 1 fully saturated rings. The third-order valence-electron chi connectivity index (χ3n) is 5.73. The molecule has 0 spiro atoms. The van der Waals surface area contributed by atoms with Crippen molar-refractivity contribution < 1.29 is 55.2 Å². The quantitative estimate of drug-likeness (QED) is 0.324. The minimum atomic E-state index is -4.57. The first-order valence-electron chi connectivity index (χ1n) is 11.1. The van der Waals surface area contributed by atoms with Gasteiger partial charge in [-0.15, -0.1) is 0 Å². The number of rotatable bonds is 8. The number of halogens is 4. The van der Waals surface area contributed by atoms with Gasteiger partial charge in [0.2, 0.25) is 0 Å². The molecule has 36 heavy (non-hydrogen) atoms. The zero-order valence-electron chi connectivity index (χ0n) is 19.1. The summed E-state index contributed by atoms with van der Waals surface area (Å²) in [7, 11) is -4.23. The lowest BCUT2D eigenvalue weighted by Gasteiger charge is -2.37. The number of fused-ring (bicyclic) bond motifs is 3. The summed E-state index contributed by atoms with van der Waals surface area (Å²) in [6.07, 6.45) is -10.6. The summed E-state index contributed by atoms with van der Waals surface area (Å²) in [4.78, 5) is 39.3. The third-order valence-corrected chi connectivity index (χ3v) is 7.62. The minimum absolute atomic E-state index is 0.0724. The van der Waals surface area contributed by atoms with E-state index in [1.165, 1.54) is 26.0 Å². The van der Waals surface area contributed by atoms with Crippen LogP contribution >= 0.6 is 19.4 Å². The van der Waals surface area contributed by atoms with E-state index in [2.05, 4.69) is 0 Å². The molecule has 3 atom stereocenters. The minimum Gasteiger partial charge on any atom is -0.454 e. The zero-order chi connectivity index (χ0) is 26.4. The van der Waals surface area contributed by atoms with Crippen LogP contribution in [0.25, 0.3) is 0 Å². The van der Waals surface area contributed by atoms with Crippen LogP contribution in [-0.4, -0.2) is 55.2 Å². The highest BCUT2D eigenvalue weighted by Gasteiger charge is 2.53. The normalized spacial score (nSPS) is 23.8. The molecule has 0 radical (unpaired) electrons. The van der Waals surface area contributed by atoms with Crippen LogP contribution in [0.4, 0.5) is 13.2 Å². The fourth-order valence-electron chi connectivity index (χ4n) is 4.41. The predicted octanol–water partition coefficient (Wildman–Crippen LogP) is 5.00. The van der Waals surface area contributed by atoms with Gasteiger partial charge in [-0.3, -0.25) is 23.4 Å². The van der Waals surface area contributed by atoms with Gasteiger partial charge in [-0.2, -0.15) is 13.2 Å². The summed E-state index contributed by atoms with van der Waals surface area (Å²) in [6.45, 7) is 2.91. The van der Waals surface area contributed by atoms with Crippen molar-refractivity contribution in [2.24, 2.45) is 0 Å². The molecular weight excluding hydrogens is 532 g/mol. The molecule has 0 N–H and O–H groups in total. The van der Waals surface area contributed by atoms with Crippen LogP contribution in [0.1, 0.15) is 53.8 Å². The van der Waals surface area contributed by atoms with Crippen LogP contribution in [-0.2, 0) is 27.9 Å². The number of carbonyl (C=O) groups excluding carboxylic acids is 3. The van der Waals surface area contributed by atoms with E-state index in [1.807, 2.05) is 0 Å². The van der Waals surface area contributed by atoms with Gasteiger partial charge in [0.1, 0.15) is 11.9 Å². The average Bonchev–Trinajstić information content (AvgIpc) is 3.15. The number of phosphoric ester groups is 1. The van der Waals surface area contributed by atoms with E-state index in [1.54, 1.807) is 0 Å². The summed E-state index contributed by atoms with van der Waals surface area (Å²) >= 11 is 6.26.